The van der Waals surface area contributed by atoms with E-state index in [9.17, 15) is 8.78 Å². The summed E-state index contributed by atoms with van der Waals surface area (Å²) in [5.41, 5.74) is 1.95. The van der Waals surface area contributed by atoms with Crippen molar-refractivity contribution in [3.8, 4) is 11.1 Å². The van der Waals surface area contributed by atoms with Gasteiger partial charge in [0.1, 0.15) is 11.6 Å². The van der Waals surface area contributed by atoms with Crippen molar-refractivity contribution in [1.29, 1.82) is 0 Å². The summed E-state index contributed by atoms with van der Waals surface area (Å²) in [6.45, 7) is 3.37. The van der Waals surface area contributed by atoms with E-state index in [-0.39, 0.29) is 0 Å². The molecule has 96 valence electrons. The van der Waals surface area contributed by atoms with E-state index in [0.29, 0.717) is 17.7 Å². The molecular formula is C13H15F2N3. The summed E-state index contributed by atoms with van der Waals surface area (Å²) in [5, 5.41) is 7.24. The van der Waals surface area contributed by atoms with E-state index >= 15 is 0 Å². The Morgan fingerprint density at radius 3 is 2.72 bits per heavy atom. The number of benzene rings is 1. The van der Waals surface area contributed by atoms with Crippen LogP contribution in [0.1, 0.15) is 5.69 Å². The average molecular weight is 251 g/mol. The van der Waals surface area contributed by atoms with Gasteiger partial charge in [-0.25, -0.2) is 8.78 Å². The predicted octanol–water partition coefficient (Wildman–Crippen LogP) is 2.36. The Bertz CT molecular complexity index is 549. The lowest BCUT2D eigenvalue weighted by Crippen LogP contribution is -2.16. The summed E-state index contributed by atoms with van der Waals surface area (Å²) in [6.07, 6.45) is 1.61. The Morgan fingerprint density at radius 2 is 2.06 bits per heavy atom. The number of nitrogens with zero attached hydrogens (tertiary/aromatic N) is 2. The normalized spacial score (nSPS) is 10.9. The molecular weight excluding hydrogens is 236 g/mol. The molecule has 0 saturated carbocycles. The Labute approximate surface area is 104 Å². The maximum Gasteiger partial charge on any atom is 0.134 e. The molecule has 5 heteroatoms. The highest BCUT2D eigenvalue weighted by molar-refractivity contribution is 5.65. The van der Waals surface area contributed by atoms with Crippen LogP contribution in [0.3, 0.4) is 0 Å². The van der Waals surface area contributed by atoms with Crippen molar-refractivity contribution in [3.63, 3.8) is 0 Å². The lowest BCUT2D eigenvalue weighted by Gasteiger charge is -2.06. The molecule has 1 aromatic carbocycles. The molecule has 1 heterocycles. The zero-order chi connectivity index (χ0) is 13.1. The highest BCUT2D eigenvalue weighted by Crippen LogP contribution is 2.26. The van der Waals surface area contributed by atoms with Gasteiger partial charge in [-0.3, -0.25) is 4.68 Å². The minimum absolute atomic E-state index is 0.379. The summed E-state index contributed by atoms with van der Waals surface area (Å²) in [5.74, 6) is -1.14. The number of aromatic nitrogens is 2. The average Bonchev–Trinajstić information content (AvgIpc) is 2.68. The first-order chi connectivity index (χ1) is 8.63. The summed E-state index contributed by atoms with van der Waals surface area (Å²) >= 11 is 0. The largest absolute Gasteiger partial charge is 0.318 e. The van der Waals surface area contributed by atoms with Crippen molar-refractivity contribution in [2.24, 2.45) is 0 Å². The van der Waals surface area contributed by atoms with Crippen molar-refractivity contribution in [1.82, 2.24) is 15.1 Å². The van der Waals surface area contributed by atoms with Crippen LogP contribution in [0, 0.1) is 18.6 Å². The minimum Gasteiger partial charge on any atom is -0.318 e. The van der Waals surface area contributed by atoms with E-state index in [4.69, 9.17) is 0 Å². The SMILES string of the molecule is CNCCn1ncc(-c2ccc(F)cc2F)c1C. The minimum atomic E-state index is -0.573. The molecule has 0 aliphatic heterocycles. The maximum absolute atomic E-state index is 13.7. The van der Waals surface area contributed by atoms with E-state index in [2.05, 4.69) is 10.4 Å². The summed E-state index contributed by atoms with van der Waals surface area (Å²) < 4.78 is 28.4. The second-order valence-electron chi connectivity index (χ2n) is 4.09. The topological polar surface area (TPSA) is 29.9 Å². The first-order valence-corrected chi connectivity index (χ1v) is 5.76. The highest BCUT2D eigenvalue weighted by Gasteiger charge is 2.12. The fourth-order valence-electron chi connectivity index (χ4n) is 1.86. The molecule has 0 fully saturated rings. The molecule has 1 aromatic heterocycles. The van der Waals surface area contributed by atoms with E-state index in [1.54, 1.807) is 10.9 Å². The third kappa shape index (κ3) is 2.41. The van der Waals surface area contributed by atoms with E-state index in [1.165, 1.54) is 12.1 Å². The van der Waals surface area contributed by atoms with Gasteiger partial charge in [-0.2, -0.15) is 5.10 Å². The van der Waals surface area contributed by atoms with Gasteiger partial charge in [-0.1, -0.05) is 0 Å². The quantitative estimate of drug-likeness (QED) is 0.904. The molecule has 18 heavy (non-hydrogen) atoms. The Balaban J connectivity index is 2.36. The van der Waals surface area contributed by atoms with Crippen molar-refractivity contribution in [2.45, 2.75) is 13.5 Å². The van der Waals surface area contributed by atoms with Crippen LogP contribution in [-0.2, 0) is 6.54 Å². The fourth-order valence-corrected chi connectivity index (χ4v) is 1.86. The summed E-state index contributed by atoms with van der Waals surface area (Å²) in [4.78, 5) is 0. The molecule has 3 nitrogen and oxygen atoms in total. The van der Waals surface area contributed by atoms with Gasteiger partial charge in [-0.15, -0.1) is 0 Å². The number of hydrogen-bond donors (Lipinski definition) is 1. The molecule has 0 spiro atoms. The second kappa shape index (κ2) is 5.27. The molecule has 0 aliphatic rings. The first-order valence-electron chi connectivity index (χ1n) is 5.76. The van der Waals surface area contributed by atoms with Gasteiger partial charge in [0.2, 0.25) is 0 Å². The van der Waals surface area contributed by atoms with E-state index < -0.39 is 11.6 Å². The van der Waals surface area contributed by atoms with Gasteiger partial charge >= 0.3 is 0 Å². The maximum atomic E-state index is 13.7. The number of rotatable bonds is 4. The van der Waals surface area contributed by atoms with Crippen molar-refractivity contribution < 1.29 is 8.78 Å². The summed E-state index contributed by atoms with van der Waals surface area (Å²) in [7, 11) is 1.86. The van der Waals surface area contributed by atoms with Crippen LogP contribution in [0.4, 0.5) is 8.78 Å². The molecule has 1 N–H and O–H groups in total. The van der Waals surface area contributed by atoms with E-state index in [0.717, 1.165) is 18.3 Å². The van der Waals surface area contributed by atoms with Gasteiger partial charge in [-0.05, 0) is 26.1 Å². The molecule has 0 bridgehead atoms. The smallest absolute Gasteiger partial charge is 0.134 e. The molecule has 2 aromatic rings. The zero-order valence-electron chi connectivity index (χ0n) is 10.4. The van der Waals surface area contributed by atoms with Gasteiger partial charge in [0, 0.05) is 29.4 Å². The van der Waals surface area contributed by atoms with Crippen LogP contribution in [0.5, 0.6) is 0 Å². The van der Waals surface area contributed by atoms with Crippen molar-refractivity contribution in [2.75, 3.05) is 13.6 Å². The number of halogens is 2. The Kier molecular flexibility index (Phi) is 3.72. The van der Waals surface area contributed by atoms with Crippen LogP contribution in [0.15, 0.2) is 24.4 Å². The molecule has 0 aliphatic carbocycles. The number of nitrogens with one attached hydrogen (secondary N) is 1. The van der Waals surface area contributed by atoms with Crippen LogP contribution in [0.25, 0.3) is 11.1 Å². The number of hydrogen-bond acceptors (Lipinski definition) is 2. The van der Waals surface area contributed by atoms with Gasteiger partial charge in [0.25, 0.3) is 0 Å². The first kappa shape index (κ1) is 12.7. The second-order valence-corrected chi connectivity index (χ2v) is 4.09. The Morgan fingerprint density at radius 1 is 1.28 bits per heavy atom. The van der Waals surface area contributed by atoms with Crippen LogP contribution >= 0.6 is 0 Å². The Hall–Kier alpha value is -1.75. The third-order valence-electron chi connectivity index (χ3n) is 2.90. The van der Waals surface area contributed by atoms with Gasteiger partial charge in [0.05, 0.1) is 12.7 Å². The van der Waals surface area contributed by atoms with Crippen molar-refractivity contribution in [3.05, 3.63) is 41.7 Å². The molecule has 0 unspecified atom stereocenters. The zero-order valence-corrected chi connectivity index (χ0v) is 10.4. The van der Waals surface area contributed by atoms with E-state index in [1.807, 2.05) is 14.0 Å². The predicted molar refractivity (Wildman–Crippen MR) is 66.2 cm³/mol. The van der Waals surface area contributed by atoms with Crippen LogP contribution in [-0.4, -0.2) is 23.4 Å². The lowest BCUT2D eigenvalue weighted by atomic mass is 10.1. The standard InChI is InChI=1S/C13H15F2N3/c1-9-12(8-17-18(9)6-5-16-2)11-4-3-10(14)7-13(11)15/h3-4,7-8,16H,5-6H2,1-2H3. The number of likely N-dealkylation sites (N-methyl/N-ethyl adjacent to an activating group) is 1. The lowest BCUT2D eigenvalue weighted by molar-refractivity contribution is 0.571. The third-order valence-corrected chi connectivity index (χ3v) is 2.90. The molecule has 0 radical (unpaired) electrons. The van der Waals surface area contributed by atoms with Crippen molar-refractivity contribution >= 4 is 0 Å². The summed E-state index contributed by atoms with van der Waals surface area (Å²) in [6, 6.07) is 3.58. The monoisotopic (exact) mass is 251 g/mol. The van der Waals surface area contributed by atoms with Gasteiger partial charge in [0.15, 0.2) is 0 Å². The highest BCUT2D eigenvalue weighted by atomic mass is 19.1. The molecule has 0 amide bonds. The molecule has 0 atom stereocenters. The van der Waals surface area contributed by atoms with Gasteiger partial charge < -0.3 is 5.32 Å². The van der Waals surface area contributed by atoms with Crippen LogP contribution in [0.2, 0.25) is 0 Å². The van der Waals surface area contributed by atoms with Crippen LogP contribution < -0.4 is 5.32 Å². The fraction of sp³-hybridized carbons (Fsp3) is 0.308. The molecule has 2 rings (SSSR count). The molecule has 0 saturated heterocycles.